The monoisotopic (exact) mass is 535 g/mol. The van der Waals surface area contributed by atoms with E-state index in [9.17, 15) is 9.59 Å². The quantitative estimate of drug-likeness (QED) is 0.224. The van der Waals surface area contributed by atoms with Gasteiger partial charge >= 0.3 is 6.03 Å². The Morgan fingerprint density at radius 3 is 2.15 bits per heavy atom. The lowest BCUT2D eigenvalue weighted by atomic mass is 9.72. The van der Waals surface area contributed by atoms with E-state index >= 15 is 0 Å². The number of nitrogens with zero attached hydrogens (tertiary/aromatic N) is 2. The van der Waals surface area contributed by atoms with Crippen molar-refractivity contribution in [3.63, 3.8) is 0 Å². The van der Waals surface area contributed by atoms with Gasteiger partial charge in [-0.15, -0.1) is 6.58 Å². The van der Waals surface area contributed by atoms with Crippen molar-refractivity contribution in [2.75, 3.05) is 26.8 Å². The van der Waals surface area contributed by atoms with Crippen molar-refractivity contribution in [1.29, 1.82) is 0 Å². The van der Waals surface area contributed by atoms with Crippen molar-refractivity contribution in [1.82, 2.24) is 15.1 Å². The maximum absolute atomic E-state index is 13.5. The summed E-state index contributed by atoms with van der Waals surface area (Å²) in [5, 5.41) is 3.05. The summed E-state index contributed by atoms with van der Waals surface area (Å²) in [6, 6.07) is 15.3. The number of carbonyl (C=O) groups is 2. The molecule has 0 spiro atoms. The van der Waals surface area contributed by atoms with E-state index in [1.807, 2.05) is 69.3 Å². The fourth-order valence-electron chi connectivity index (χ4n) is 5.49. The number of hydrogen-bond acceptors (Lipinski definition) is 5. The van der Waals surface area contributed by atoms with Gasteiger partial charge in [0.2, 0.25) is 5.91 Å². The second-order valence-corrected chi connectivity index (χ2v) is 10.2. The van der Waals surface area contributed by atoms with Crippen LogP contribution < -0.4 is 10.1 Å². The number of nitrogens with one attached hydrogen (secondary N) is 1. The largest absolute Gasteiger partial charge is 0.469 e. The Bertz CT molecular complexity index is 1090. The molecule has 1 unspecified atom stereocenters. The summed E-state index contributed by atoms with van der Waals surface area (Å²) >= 11 is 0. The summed E-state index contributed by atoms with van der Waals surface area (Å²) < 4.78 is 11.9. The average molecular weight is 536 g/mol. The lowest BCUT2D eigenvalue weighted by molar-refractivity contribution is -0.191. The minimum atomic E-state index is -0.742. The zero-order valence-corrected chi connectivity index (χ0v) is 24.4. The number of β-lactam (4-membered cyclic amide) rings is 1. The number of aryl methyl sites for hydroxylation is 1. The summed E-state index contributed by atoms with van der Waals surface area (Å²) in [6.45, 7) is 16.5. The number of urea groups is 1. The van der Waals surface area contributed by atoms with Gasteiger partial charge in [-0.3, -0.25) is 9.69 Å². The van der Waals surface area contributed by atoms with Crippen molar-refractivity contribution in [3.05, 3.63) is 77.9 Å². The van der Waals surface area contributed by atoms with Crippen LogP contribution in [-0.2, 0) is 9.53 Å². The van der Waals surface area contributed by atoms with Gasteiger partial charge in [-0.05, 0) is 62.5 Å². The van der Waals surface area contributed by atoms with E-state index in [4.69, 9.17) is 9.47 Å². The second-order valence-electron chi connectivity index (χ2n) is 10.2. The highest BCUT2D eigenvalue weighted by Gasteiger charge is 2.63. The number of carbonyl (C=O) groups excluding carboxylic acids is 2. The van der Waals surface area contributed by atoms with Gasteiger partial charge in [0.25, 0.3) is 0 Å². The van der Waals surface area contributed by atoms with Crippen molar-refractivity contribution in [2.45, 2.75) is 72.2 Å². The molecule has 0 bridgehead atoms. The van der Waals surface area contributed by atoms with Crippen molar-refractivity contribution < 1.29 is 19.1 Å². The van der Waals surface area contributed by atoms with Gasteiger partial charge in [0.15, 0.2) is 6.23 Å². The van der Waals surface area contributed by atoms with Gasteiger partial charge in [-0.1, -0.05) is 75.7 Å². The zero-order valence-electron chi connectivity index (χ0n) is 24.4. The first-order valence-electron chi connectivity index (χ1n) is 14.1. The normalized spacial score (nSPS) is 17.9. The maximum Gasteiger partial charge on any atom is 0.327 e. The molecule has 1 fully saturated rings. The molecule has 39 heavy (non-hydrogen) atoms. The molecular formula is C32H45N3O4. The number of hydrogen-bond donors (Lipinski definition) is 1. The molecule has 1 aliphatic heterocycles. The molecule has 1 N–H and O–H groups in total. The topological polar surface area (TPSA) is 71.1 Å². The predicted molar refractivity (Wildman–Crippen MR) is 156 cm³/mol. The summed E-state index contributed by atoms with van der Waals surface area (Å²) in [5.74, 6) is 0.423. The van der Waals surface area contributed by atoms with Gasteiger partial charge in [-0.2, -0.15) is 0 Å². The Balaban J connectivity index is 1.83. The molecule has 3 rings (SSSR count). The Labute approximate surface area is 234 Å². The molecule has 1 saturated heterocycles. The van der Waals surface area contributed by atoms with Crippen LogP contribution in [0.15, 0.2) is 61.2 Å². The summed E-state index contributed by atoms with van der Waals surface area (Å²) in [6.07, 6.45) is 2.80. The van der Waals surface area contributed by atoms with E-state index in [2.05, 4.69) is 30.6 Å². The predicted octanol–water partition coefficient (Wildman–Crippen LogP) is 6.40. The van der Waals surface area contributed by atoms with E-state index in [1.54, 1.807) is 13.2 Å². The molecule has 7 heteroatoms. The minimum absolute atomic E-state index is 0.139. The third kappa shape index (κ3) is 6.36. The first kappa shape index (κ1) is 30.4. The van der Waals surface area contributed by atoms with Crippen LogP contribution >= 0.6 is 0 Å². The summed E-state index contributed by atoms with van der Waals surface area (Å²) in [7, 11) is 1.72. The van der Waals surface area contributed by atoms with E-state index in [0.717, 1.165) is 29.8 Å². The van der Waals surface area contributed by atoms with Gasteiger partial charge in [0.05, 0.1) is 18.7 Å². The van der Waals surface area contributed by atoms with Crippen LogP contribution in [-0.4, -0.2) is 54.8 Å². The van der Waals surface area contributed by atoms with Crippen molar-refractivity contribution in [3.8, 4) is 5.75 Å². The van der Waals surface area contributed by atoms with Gasteiger partial charge in [0, 0.05) is 7.11 Å². The van der Waals surface area contributed by atoms with Gasteiger partial charge in [0.1, 0.15) is 11.2 Å². The smallest absolute Gasteiger partial charge is 0.327 e. The highest BCUT2D eigenvalue weighted by atomic mass is 16.5. The molecule has 7 nitrogen and oxygen atoms in total. The van der Waals surface area contributed by atoms with Crippen LogP contribution in [0.1, 0.15) is 75.7 Å². The molecule has 212 valence electrons. The number of benzene rings is 2. The summed E-state index contributed by atoms with van der Waals surface area (Å²) in [4.78, 5) is 30.5. The number of amides is 3. The molecule has 0 saturated carbocycles. The lowest BCUT2D eigenvalue weighted by Crippen LogP contribution is -2.73. The maximum atomic E-state index is 13.5. The molecule has 0 aliphatic carbocycles. The Kier molecular flexibility index (Phi) is 10.7. The van der Waals surface area contributed by atoms with Crippen molar-refractivity contribution >= 4 is 11.9 Å². The van der Waals surface area contributed by atoms with Gasteiger partial charge < -0.3 is 14.8 Å². The summed E-state index contributed by atoms with van der Waals surface area (Å²) in [5.41, 5.74) is 2.50. The van der Waals surface area contributed by atoms with Gasteiger partial charge in [-0.25, -0.2) is 9.69 Å². The van der Waals surface area contributed by atoms with Crippen LogP contribution in [0.2, 0.25) is 0 Å². The second kappa shape index (κ2) is 13.8. The minimum Gasteiger partial charge on any atom is -0.469 e. The van der Waals surface area contributed by atoms with E-state index in [-0.39, 0.29) is 18.0 Å². The third-order valence-electron chi connectivity index (χ3n) is 8.10. The molecule has 0 aromatic heterocycles. The highest BCUT2D eigenvalue weighted by molar-refractivity contribution is 6.03. The van der Waals surface area contributed by atoms with Crippen LogP contribution in [0.5, 0.6) is 5.75 Å². The number of ether oxygens (including phenoxy) is 2. The fraction of sp³-hybridized carbons (Fsp3) is 0.500. The molecule has 3 atom stereocenters. The number of imide groups is 1. The lowest BCUT2D eigenvalue weighted by Gasteiger charge is -2.53. The standard InChI is InChI=1S/C32H45N3O4/c1-8-13-27(24-16-14-23(6)15-17-24)33-31(37)35-29(36)32(9-2,10-3)30(35)39-26-20-18-25(19-21-26)28(22-38-7)34(11-4)12-5/h8,14-21,27-28,30H,1,9-13,22H2,2-7H3,(H,33,37)/t27-,28-,30?/m1/s1. The zero-order chi connectivity index (χ0) is 28.6. The number of methoxy groups -OCH3 is 1. The van der Waals surface area contributed by atoms with Crippen LogP contribution in [0.3, 0.4) is 0 Å². The SMILES string of the molecule is C=CC[C@@H](NC(=O)N1C(=O)C(CC)(CC)C1Oc1ccc([C@@H](COC)N(CC)CC)cc1)c1ccc(C)cc1. The molecule has 1 heterocycles. The Morgan fingerprint density at radius 1 is 1.05 bits per heavy atom. The number of rotatable bonds is 14. The molecule has 2 aromatic rings. The van der Waals surface area contributed by atoms with Crippen LogP contribution in [0, 0.1) is 12.3 Å². The highest BCUT2D eigenvalue weighted by Crippen LogP contribution is 2.46. The van der Waals surface area contributed by atoms with E-state index in [0.29, 0.717) is 31.6 Å². The third-order valence-corrected chi connectivity index (χ3v) is 8.10. The number of likely N-dealkylation sites (tertiary alicyclic amines) is 1. The molecule has 3 amide bonds. The average Bonchev–Trinajstić information content (AvgIpc) is 2.94. The van der Waals surface area contributed by atoms with Crippen molar-refractivity contribution in [2.24, 2.45) is 5.41 Å². The van der Waals surface area contributed by atoms with Crippen LogP contribution in [0.25, 0.3) is 0 Å². The molecular weight excluding hydrogens is 490 g/mol. The van der Waals surface area contributed by atoms with E-state index in [1.165, 1.54) is 4.90 Å². The molecule has 2 aromatic carbocycles. The number of likely N-dealkylation sites (N-methyl/N-ethyl adjacent to an activating group) is 1. The molecule has 0 radical (unpaired) electrons. The Morgan fingerprint density at radius 2 is 1.64 bits per heavy atom. The first-order valence-corrected chi connectivity index (χ1v) is 14.1. The van der Waals surface area contributed by atoms with E-state index < -0.39 is 17.7 Å². The first-order chi connectivity index (χ1) is 18.8. The van der Waals surface area contributed by atoms with Crippen LogP contribution in [0.4, 0.5) is 4.79 Å². The fourth-order valence-corrected chi connectivity index (χ4v) is 5.49. The molecule has 1 aliphatic rings. The Hall–Kier alpha value is -3.16.